The Balaban J connectivity index is 2.09. The number of aromatic nitrogens is 4. The standard InChI is InChI=1S/C16H11ClN4O/c1-20-13-5-3-2-4-12(13)15-18-14(19-21(15)16(20)22)10-6-8-11(17)9-7-10/h2-9H,1H3. The maximum Gasteiger partial charge on any atom is 0.350 e. The van der Waals surface area contributed by atoms with E-state index in [0.29, 0.717) is 16.5 Å². The normalized spacial score (nSPS) is 11.4. The zero-order chi connectivity index (χ0) is 15.3. The summed E-state index contributed by atoms with van der Waals surface area (Å²) in [6.07, 6.45) is 0. The molecule has 6 heteroatoms. The summed E-state index contributed by atoms with van der Waals surface area (Å²) in [6, 6.07) is 14.9. The molecule has 2 heterocycles. The summed E-state index contributed by atoms with van der Waals surface area (Å²) in [5.41, 5.74) is 1.99. The van der Waals surface area contributed by atoms with E-state index in [0.717, 1.165) is 16.5 Å². The van der Waals surface area contributed by atoms with Crippen LogP contribution in [0.1, 0.15) is 0 Å². The molecular weight excluding hydrogens is 300 g/mol. The predicted molar refractivity (Wildman–Crippen MR) is 86.2 cm³/mol. The SMILES string of the molecule is Cn1c(=O)n2nc(-c3ccc(Cl)cc3)nc2c2ccccc21. The summed E-state index contributed by atoms with van der Waals surface area (Å²) in [6.45, 7) is 0. The lowest BCUT2D eigenvalue weighted by Gasteiger charge is -2.04. The van der Waals surface area contributed by atoms with Crippen LogP contribution in [0.4, 0.5) is 0 Å². The first-order valence-corrected chi connectivity index (χ1v) is 7.13. The van der Waals surface area contributed by atoms with Crippen molar-refractivity contribution in [3.05, 3.63) is 64.0 Å². The zero-order valence-corrected chi connectivity index (χ0v) is 12.4. The molecule has 0 fully saturated rings. The Morgan fingerprint density at radius 1 is 1.05 bits per heavy atom. The maximum atomic E-state index is 12.4. The molecule has 0 radical (unpaired) electrons. The van der Waals surface area contributed by atoms with Crippen molar-refractivity contribution < 1.29 is 0 Å². The fourth-order valence-electron chi connectivity index (χ4n) is 2.54. The summed E-state index contributed by atoms with van der Waals surface area (Å²) < 4.78 is 2.91. The van der Waals surface area contributed by atoms with Crippen LogP contribution in [0, 0.1) is 0 Å². The molecule has 0 bridgehead atoms. The van der Waals surface area contributed by atoms with E-state index < -0.39 is 0 Å². The summed E-state index contributed by atoms with van der Waals surface area (Å²) in [7, 11) is 1.73. The molecule has 4 rings (SSSR count). The van der Waals surface area contributed by atoms with Crippen LogP contribution in [0.15, 0.2) is 53.3 Å². The van der Waals surface area contributed by atoms with E-state index in [1.54, 1.807) is 23.7 Å². The summed E-state index contributed by atoms with van der Waals surface area (Å²) in [5.74, 6) is 0.505. The van der Waals surface area contributed by atoms with Crippen LogP contribution < -0.4 is 5.69 Å². The lowest BCUT2D eigenvalue weighted by Crippen LogP contribution is -2.25. The van der Waals surface area contributed by atoms with Gasteiger partial charge < -0.3 is 0 Å². The fourth-order valence-corrected chi connectivity index (χ4v) is 2.67. The van der Waals surface area contributed by atoms with E-state index in [9.17, 15) is 4.79 Å². The van der Waals surface area contributed by atoms with Crippen molar-refractivity contribution in [1.82, 2.24) is 19.2 Å². The van der Waals surface area contributed by atoms with Gasteiger partial charge in [0.1, 0.15) is 0 Å². The average Bonchev–Trinajstić information content (AvgIpc) is 2.99. The average molecular weight is 311 g/mol. The van der Waals surface area contributed by atoms with Gasteiger partial charge in [0.2, 0.25) is 0 Å². The summed E-state index contributed by atoms with van der Waals surface area (Å²) >= 11 is 5.90. The molecule has 0 aliphatic rings. The Kier molecular flexibility index (Phi) is 2.77. The quantitative estimate of drug-likeness (QED) is 0.543. The molecule has 0 amide bonds. The van der Waals surface area contributed by atoms with Crippen molar-refractivity contribution in [3.8, 4) is 11.4 Å². The minimum atomic E-state index is -0.221. The zero-order valence-electron chi connectivity index (χ0n) is 11.7. The molecule has 0 spiro atoms. The lowest BCUT2D eigenvalue weighted by atomic mass is 10.2. The van der Waals surface area contributed by atoms with Crippen molar-refractivity contribution in [3.63, 3.8) is 0 Å². The van der Waals surface area contributed by atoms with Crippen LogP contribution in [0.2, 0.25) is 5.02 Å². The topological polar surface area (TPSA) is 52.2 Å². The number of para-hydroxylation sites is 1. The van der Waals surface area contributed by atoms with Gasteiger partial charge in [-0.3, -0.25) is 4.57 Å². The highest BCUT2D eigenvalue weighted by Crippen LogP contribution is 2.21. The van der Waals surface area contributed by atoms with Crippen LogP contribution in [0.5, 0.6) is 0 Å². The van der Waals surface area contributed by atoms with Crippen LogP contribution >= 0.6 is 11.6 Å². The number of aryl methyl sites for hydroxylation is 1. The molecule has 2 aromatic heterocycles. The molecule has 108 valence electrons. The van der Waals surface area contributed by atoms with E-state index >= 15 is 0 Å². The number of benzene rings is 2. The van der Waals surface area contributed by atoms with Gasteiger partial charge in [0.25, 0.3) is 0 Å². The molecular formula is C16H11ClN4O. The molecule has 2 aromatic carbocycles. The van der Waals surface area contributed by atoms with Crippen molar-refractivity contribution >= 4 is 28.2 Å². The smallest absolute Gasteiger partial charge is 0.295 e. The van der Waals surface area contributed by atoms with Crippen molar-refractivity contribution in [2.45, 2.75) is 0 Å². The molecule has 0 saturated heterocycles. The van der Waals surface area contributed by atoms with E-state index in [4.69, 9.17) is 11.6 Å². The highest BCUT2D eigenvalue weighted by atomic mass is 35.5. The fraction of sp³-hybridized carbons (Fsp3) is 0.0625. The first-order chi connectivity index (χ1) is 10.6. The van der Waals surface area contributed by atoms with Crippen LogP contribution in [0.3, 0.4) is 0 Å². The third-order valence-electron chi connectivity index (χ3n) is 3.68. The second kappa shape index (κ2) is 4.68. The van der Waals surface area contributed by atoms with Gasteiger partial charge in [0.15, 0.2) is 11.5 Å². The maximum absolute atomic E-state index is 12.4. The highest BCUT2D eigenvalue weighted by molar-refractivity contribution is 6.30. The summed E-state index contributed by atoms with van der Waals surface area (Å²) in [5, 5.41) is 5.89. The Bertz CT molecular complexity index is 1060. The number of hydrogen-bond donors (Lipinski definition) is 0. The highest BCUT2D eigenvalue weighted by Gasteiger charge is 2.13. The molecule has 0 aliphatic carbocycles. The summed E-state index contributed by atoms with van der Waals surface area (Å²) in [4.78, 5) is 17.0. The van der Waals surface area contributed by atoms with E-state index in [2.05, 4.69) is 10.1 Å². The first kappa shape index (κ1) is 13.0. The molecule has 0 unspecified atom stereocenters. The lowest BCUT2D eigenvalue weighted by molar-refractivity contribution is 0.773. The molecule has 5 nitrogen and oxygen atoms in total. The minimum absolute atomic E-state index is 0.221. The Morgan fingerprint density at radius 2 is 1.77 bits per heavy atom. The first-order valence-electron chi connectivity index (χ1n) is 6.75. The van der Waals surface area contributed by atoms with Gasteiger partial charge in [0.05, 0.1) is 5.52 Å². The number of fused-ring (bicyclic) bond motifs is 3. The van der Waals surface area contributed by atoms with Crippen LogP contribution in [0.25, 0.3) is 27.9 Å². The van der Waals surface area contributed by atoms with Gasteiger partial charge in [-0.15, -0.1) is 5.10 Å². The van der Waals surface area contributed by atoms with Gasteiger partial charge in [-0.05, 0) is 36.4 Å². The van der Waals surface area contributed by atoms with Gasteiger partial charge in [-0.2, -0.15) is 4.52 Å². The number of rotatable bonds is 1. The molecule has 0 aliphatic heterocycles. The predicted octanol–water partition coefficient (Wildman–Crippen LogP) is 2.90. The molecule has 0 N–H and O–H groups in total. The monoisotopic (exact) mass is 310 g/mol. The Hall–Kier alpha value is -2.66. The molecule has 22 heavy (non-hydrogen) atoms. The van der Waals surface area contributed by atoms with E-state index in [1.807, 2.05) is 36.4 Å². The van der Waals surface area contributed by atoms with Gasteiger partial charge >= 0.3 is 5.69 Å². The van der Waals surface area contributed by atoms with Crippen LogP contribution in [-0.4, -0.2) is 19.2 Å². The van der Waals surface area contributed by atoms with Crippen LogP contribution in [-0.2, 0) is 7.05 Å². The number of halogens is 1. The molecule has 0 atom stereocenters. The Labute approximate surface area is 130 Å². The van der Waals surface area contributed by atoms with E-state index in [1.165, 1.54) is 4.52 Å². The van der Waals surface area contributed by atoms with Crippen molar-refractivity contribution in [2.24, 2.45) is 7.05 Å². The van der Waals surface area contributed by atoms with Crippen molar-refractivity contribution in [2.75, 3.05) is 0 Å². The minimum Gasteiger partial charge on any atom is -0.295 e. The van der Waals surface area contributed by atoms with Crippen molar-refractivity contribution in [1.29, 1.82) is 0 Å². The number of nitrogens with zero attached hydrogens (tertiary/aromatic N) is 4. The molecule has 4 aromatic rings. The van der Waals surface area contributed by atoms with Gasteiger partial charge in [-0.1, -0.05) is 23.7 Å². The van der Waals surface area contributed by atoms with Gasteiger partial charge in [-0.25, -0.2) is 9.78 Å². The van der Waals surface area contributed by atoms with E-state index in [-0.39, 0.29) is 5.69 Å². The second-order valence-electron chi connectivity index (χ2n) is 5.04. The second-order valence-corrected chi connectivity index (χ2v) is 5.47. The largest absolute Gasteiger partial charge is 0.350 e. The Morgan fingerprint density at radius 3 is 2.55 bits per heavy atom. The third-order valence-corrected chi connectivity index (χ3v) is 3.94. The third kappa shape index (κ3) is 1.83. The number of hydrogen-bond acceptors (Lipinski definition) is 3. The molecule has 0 saturated carbocycles. The van der Waals surface area contributed by atoms with Gasteiger partial charge in [0, 0.05) is 23.0 Å².